The molecule has 98 valence electrons. The minimum absolute atomic E-state index is 0. The third kappa shape index (κ3) is 2.13. The molecule has 3 N–H and O–H groups in total. The molecule has 0 bridgehead atoms. The van der Waals surface area contributed by atoms with Crippen LogP contribution in [0, 0.1) is 11.8 Å². The fourth-order valence-corrected chi connectivity index (χ4v) is 3.14. The van der Waals surface area contributed by atoms with Gasteiger partial charge in [0.2, 0.25) is 5.91 Å². The van der Waals surface area contributed by atoms with Gasteiger partial charge in [-0.1, -0.05) is 24.3 Å². The van der Waals surface area contributed by atoms with Crippen molar-refractivity contribution >= 4 is 18.3 Å². The summed E-state index contributed by atoms with van der Waals surface area (Å²) in [4.78, 5) is 11.4. The van der Waals surface area contributed by atoms with Gasteiger partial charge in [0, 0.05) is 6.54 Å². The molecule has 0 aliphatic heterocycles. The molecule has 1 saturated carbocycles. The van der Waals surface area contributed by atoms with Gasteiger partial charge in [0.1, 0.15) is 0 Å². The lowest BCUT2D eigenvalue weighted by Gasteiger charge is -2.10. The number of carbonyl (C=O) groups excluding carboxylic acids is 1. The summed E-state index contributed by atoms with van der Waals surface area (Å²) < 4.78 is 0. The van der Waals surface area contributed by atoms with E-state index in [4.69, 9.17) is 5.73 Å². The molecule has 1 amide bonds. The average Bonchev–Trinajstić information content (AvgIpc) is 2.85. The summed E-state index contributed by atoms with van der Waals surface area (Å²) in [6, 6.07) is 8.26. The molecule has 0 aromatic heterocycles. The first-order chi connectivity index (χ1) is 8.18. The summed E-state index contributed by atoms with van der Waals surface area (Å²) in [5.41, 5.74) is 8.52. The summed E-state index contributed by atoms with van der Waals surface area (Å²) in [7, 11) is 0. The van der Waals surface area contributed by atoms with Gasteiger partial charge in [-0.05, 0) is 42.2 Å². The van der Waals surface area contributed by atoms with E-state index in [1.54, 1.807) is 6.92 Å². The molecule has 2 aliphatic carbocycles. The van der Waals surface area contributed by atoms with Crippen LogP contribution in [0.25, 0.3) is 0 Å². The number of hydrogen-bond donors (Lipinski definition) is 2. The summed E-state index contributed by atoms with van der Waals surface area (Å²) in [5, 5.41) is 2.94. The van der Waals surface area contributed by atoms with Crippen LogP contribution in [0.5, 0.6) is 0 Å². The number of fused-ring (bicyclic) bond motifs is 3. The van der Waals surface area contributed by atoms with E-state index >= 15 is 0 Å². The first-order valence-corrected chi connectivity index (χ1v) is 6.29. The van der Waals surface area contributed by atoms with Crippen molar-refractivity contribution < 1.29 is 4.79 Å². The molecular weight excluding hydrogens is 248 g/mol. The zero-order valence-electron chi connectivity index (χ0n) is 10.4. The Morgan fingerprint density at radius 2 is 2.22 bits per heavy atom. The highest BCUT2D eigenvalue weighted by molar-refractivity contribution is 5.85. The van der Waals surface area contributed by atoms with Gasteiger partial charge < -0.3 is 11.1 Å². The number of carbonyl (C=O) groups is 1. The van der Waals surface area contributed by atoms with Crippen molar-refractivity contribution in [2.75, 3.05) is 6.54 Å². The summed E-state index contributed by atoms with van der Waals surface area (Å²) in [5.74, 6) is 2.02. The van der Waals surface area contributed by atoms with Crippen molar-refractivity contribution in [3.63, 3.8) is 0 Å². The smallest absolute Gasteiger partial charge is 0.236 e. The molecule has 1 aromatic rings. The van der Waals surface area contributed by atoms with E-state index in [-0.39, 0.29) is 18.3 Å². The van der Waals surface area contributed by atoms with Crippen molar-refractivity contribution in [1.29, 1.82) is 0 Å². The Balaban J connectivity index is 0.00000120. The van der Waals surface area contributed by atoms with Crippen molar-refractivity contribution in [3.05, 3.63) is 35.4 Å². The highest BCUT2D eigenvalue weighted by Crippen LogP contribution is 2.60. The maximum atomic E-state index is 11.4. The normalized spacial score (nSPS) is 28.7. The molecule has 0 saturated heterocycles. The highest BCUT2D eigenvalue weighted by Gasteiger charge is 2.54. The molecule has 18 heavy (non-hydrogen) atoms. The molecule has 0 spiro atoms. The van der Waals surface area contributed by atoms with Crippen LogP contribution in [-0.2, 0) is 11.2 Å². The Morgan fingerprint density at radius 3 is 2.94 bits per heavy atom. The van der Waals surface area contributed by atoms with E-state index in [1.165, 1.54) is 17.5 Å². The van der Waals surface area contributed by atoms with Crippen molar-refractivity contribution in [1.82, 2.24) is 5.32 Å². The third-order valence-corrected chi connectivity index (χ3v) is 4.13. The molecule has 3 nitrogen and oxygen atoms in total. The number of nitrogens with one attached hydrogen (secondary N) is 1. The zero-order chi connectivity index (χ0) is 12.0. The Kier molecular flexibility index (Phi) is 3.64. The monoisotopic (exact) mass is 266 g/mol. The van der Waals surface area contributed by atoms with Crippen LogP contribution >= 0.6 is 12.4 Å². The van der Waals surface area contributed by atoms with Gasteiger partial charge in [0.25, 0.3) is 0 Å². The van der Waals surface area contributed by atoms with Crippen LogP contribution in [0.15, 0.2) is 24.3 Å². The quantitative estimate of drug-likeness (QED) is 0.870. The minimum atomic E-state index is -0.402. The maximum Gasteiger partial charge on any atom is 0.236 e. The van der Waals surface area contributed by atoms with Crippen LogP contribution in [0.1, 0.15) is 24.0 Å². The average molecular weight is 267 g/mol. The molecule has 1 fully saturated rings. The predicted molar refractivity (Wildman–Crippen MR) is 73.8 cm³/mol. The Morgan fingerprint density at radius 1 is 1.50 bits per heavy atom. The topological polar surface area (TPSA) is 55.1 Å². The molecule has 0 radical (unpaired) electrons. The van der Waals surface area contributed by atoms with Crippen molar-refractivity contribution in [3.8, 4) is 0 Å². The molecule has 4 heteroatoms. The van der Waals surface area contributed by atoms with E-state index in [2.05, 4.69) is 29.6 Å². The second kappa shape index (κ2) is 4.90. The van der Waals surface area contributed by atoms with Gasteiger partial charge in [-0.2, -0.15) is 0 Å². The van der Waals surface area contributed by atoms with Crippen LogP contribution in [0.2, 0.25) is 0 Å². The van der Waals surface area contributed by atoms with Gasteiger partial charge in [-0.25, -0.2) is 0 Å². The van der Waals surface area contributed by atoms with E-state index < -0.39 is 6.04 Å². The van der Waals surface area contributed by atoms with Crippen LogP contribution in [-0.4, -0.2) is 18.5 Å². The molecule has 4 unspecified atom stereocenters. The van der Waals surface area contributed by atoms with E-state index in [1.807, 2.05) is 0 Å². The number of rotatable bonds is 3. The first kappa shape index (κ1) is 13.4. The maximum absolute atomic E-state index is 11.4. The van der Waals surface area contributed by atoms with Crippen LogP contribution in [0.3, 0.4) is 0 Å². The van der Waals surface area contributed by atoms with Crippen LogP contribution < -0.4 is 11.1 Å². The van der Waals surface area contributed by atoms with Gasteiger partial charge in [-0.15, -0.1) is 12.4 Å². The largest absolute Gasteiger partial charge is 0.354 e. The minimum Gasteiger partial charge on any atom is -0.354 e. The number of halogens is 1. The fourth-order valence-electron chi connectivity index (χ4n) is 3.14. The lowest BCUT2D eigenvalue weighted by Crippen LogP contribution is -2.39. The SMILES string of the molecule is CC(N)C(=O)NCC1C2Cc3ccccc3C12.Cl. The molecule has 4 atom stereocenters. The van der Waals surface area contributed by atoms with E-state index in [9.17, 15) is 4.79 Å². The second-order valence-electron chi connectivity index (χ2n) is 5.29. The second-order valence-corrected chi connectivity index (χ2v) is 5.29. The van der Waals surface area contributed by atoms with Gasteiger partial charge in [0.05, 0.1) is 6.04 Å². The third-order valence-electron chi connectivity index (χ3n) is 4.13. The van der Waals surface area contributed by atoms with E-state index in [0.717, 1.165) is 12.5 Å². The Hall–Kier alpha value is -1.06. The fraction of sp³-hybridized carbons (Fsp3) is 0.500. The van der Waals surface area contributed by atoms with Crippen molar-refractivity contribution in [2.45, 2.75) is 25.3 Å². The number of nitrogens with two attached hydrogens (primary N) is 1. The highest BCUT2D eigenvalue weighted by atomic mass is 35.5. The lowest BCUT2D eigenvalue weighted by molar-refractivity contribution is -0.122. The lowest BCUT2D eigenvalue weighted by atomic mass is 10.0. The molecule has 2 aliphatic rings. The van der Waals surface area contributed by atoms with Crippen molar-refractivity contribution in [2.24, 2.45) is 17.6 Å². The summed E-state index contributed by atoms with van der Waals surface area (Å²) >= 11 is 0. The molecule has 1 aromatic carbocycles. The number of amides is 1. The van der Waals surface area contributed by atoms with Gasteiger partial charge >= 0.3 is 0 Å². The molecule has 3 rings (SSSR count). The van der Waals surface area contributed by atoms with Crippen LogP contribution in [0.4, 0.5) is 0 Å². The first-order valence-electron chi connectivity index (χ1n) is 6.29. The number of hydrogen-bond acceptors (Lipinski definition) is 2. The zero-order valence-corrected chi connectivity index (χ0v) is 11.2. The Labute approximate surface area is 114 Å². The van der Waals surface area contributed by atoms with E-state index in [0.29, 0.717) is 11.8 Å². The predicted octanol–water partition coefficient (Wildman–Crippen LogP) is 1.46. The molecular formula is C14H19ClN2O. The standard InChI is InChI=1S/C14H18N2O.ClH/c1-8(15)14(17)16-7-12-11-6-9-4-2-3-5-10(9)13(11)12;/h2-5,8,11-13H,6-7,15H2,1H3,(H,16,17);1H. The molecule has 0 heterocycles. The van der Waals surface area contributed by atoms with Gasteiger partial charge in [0.15, 0.2) is 0 Å². The summed E-state index contributed by atoms with van der Waals surface area (Å²) in [6.45, 7) is 2.50. The Bertz CT molecular complexity index is 461. The summed E-state index contributed by atoms with van der Waals surface area (Å²) in [6.07, 6.45) is 1.18. The number of benzene rings is 1. The van der Waals surface area contributed by atoms with Gasteiger partial charge in [-0.3, -0.25) is 4.79 Å².